The van der Waals surface area contributed by atoms with Crippen LogP contribution in [-0.2, 0) is 0 Å². The van der Waals surface area contributed by atoms with Crippen LogP contribution < -0.4 is 5.56 Å². The van der Waals surface area contributed by atoms with E-state index in [2.05, 4.69) is 23.8 Å². The molecule has 1 rings (SSSR count). The molecule has 0 radical (unpaired) electrons. The number of nitrogens with zero attached hydrogens (tertiary/aromatic N) is 1. The van der Waals surface area contributed by atoms with Gasteiger partial charge < -0.3 is 4.98 Å². The van der Waals surface area contributed by atoms with Crippen LogP contribution in [0.3, 0.4) is 0 Å². The minimum Gasteiger partial charge on any atom is -0.326 e. The van der Waals surface area contributed by atoms with Gasteiger partial charge in [-0.25, -0.2) is 0 Å². The number of aromatic nitrogens is 2. The highest BCUT2D eigenvalue weighted by Crippen LogP contribution is 2.02. The highest BCUT2D eigenvalue weighted by molar-refractivity contribution is 5.00. The van der Waals surface area contributed by atoms with E-state index in [9.17, 15) is 4.79 Å². The first kappa shape index (κ1) is 16.3. The Morgan fingerprint density at radius 2 is 1.80 bits per heavy atom. The van der Waals surface area contributed by atoms with Crippen molar-refractivity contribution in [1.82, 2.24) is 9.97 Å². The van der Waals surface area contributed by atoms with Crippen LogP contribution in [0.4, 0.5) is 0 Å². The molecule has 1 N–H and O–H groups in total. The fourth-order valence-corrected chi connectivity index (χ4v) is 0.774. The van der Waals surface area contributed by atoms with Crippen molar-refractivity contribution in [2.75, 3.05) is 0 Å². The Labute approximate surface area is 93.0 Å². The predicted molar refractivity (Wildman–Crippen MR) is 66.3 cm³/mol. The lowest BCUT2D eigenvalue weighted by Crippen LogP contribution is -2.14. The van der Waals surface area contributed by atoms with Crippen molar-refractivity contribution in [2.45, 2.75) is 53.9 Å². The molecule has 1 aromatic rings. The van der Waals surface area contributed by atoms with Crippen LogP contribution in [0.15, 0.2) is 17.2 Å². The summed E-state index contributed by atoms with van der Waals surface area (Å²) in [5.74, 6) is 0.199. The predicted octanol–water partition coefficient (Wildman–Crippen LogP) is 3.34. The van der Waals surface area contributed by atoms with E-state index in [0.29, 0.717) is 5.69 Å². The lowest BCUT2D eigenvalue weighted by molar-refractivity contribution is 0.796. The number of H-pyrrole nitrogens is 1. The second-order valence-corrected chi connectivity index (χ2v) is 3.17. The minimum atomic E-state index is -0.0856. The molecule has 1 heterocycles. The molecule has 0 aliphatic heterocycles. The van der Waals surface area contributed by atoms with Gasteiger partial charge in [0, 0.05) is 18.3 Å². The maximum atomic E-state index is 10.9. The quantitative estimate of drug-likeness (QED) is 0.776. The maximum Gasteiger partial charge on any atom is 0.269 e. The molecule has 0 amide bonds. The molecule has 0 bridgehead atoms. The van der Waals surface area contributed by atoms with Gasteiger partial charge in [-0.2, -0.15) is 0 Å². The van der Waals surface area contributed by atoms with Crippen LogP contribution in [0.2, 0.25) is 0 Å². The van der Waals surface area contributed by atoms with E-state index in [4.69, 9.17) is 0 Å². The number of nitrogens with one attached hydrogen (secondary N) is 1. The first-order valence-electron chi connectivity index (χ1n) is 5.67. The van der Waals surface area contributed by atoms with Crippen molar-refractivity contribution in [2.24, 2.45) is 0 Å². The molecule has 0 unspecified atom stereocenters. The smallest absolute Gasteiger partial charge is 0.269 e. The number of hydrogen-bond donors (Lipinski definition) is 1. The SMILES string of the molecule is CC.CC(C)c1ncc[nH]c1=O.CCC. The Morgan fingerprint density at radius 1 is 1.33 bits per heavy atom. The molecule has 3 nitrogen and oxygen atoms in total. The largest absolute Gasteiger partial charge is 0.326 e. The van der Waals surface area contributed by atoms with Crippen molar-refractivity contribution in [3.05, 3.63) is 28.4 Å². The van der Waals surface area contributed by atoms with Gasteiger partial charge in [0.25, 0.3) is 5.56 Å². The molecule has 88 valence electrons. The average Bonchev–Trinajstić information content (AvgIpc) is 2.22. The fourth-order valence-electron chi connectivity index (χ4n) is 0.774. The van der Waals surface area contributed by atoms with Crippen molar-refractivity contribution in [3.8, 4) is 0 Å². The van der Waals surface area contributed by atoms with Gasteiger partial charge >= 0.3 is 0 Å². The second-order valence-electron chi connectivity index (χ2n) is 3.17. The van der Waals surface area contributed by atoms with E-state index in [-0.39, 0.29) is 11.5 Å². The summed E-state index contributed by atoms with van der Waals surface area (Å²) in [6.45, 7) is 12.1. The van der Waals surface area contributed by atoms with Gasteiger partial charge in [0.15, 0.2) is 0 Å². The third-order valence-corrected chi connectivity index (χ3v) is 1.28. The molecule has 0 aliphatic carbocycles. The van der Waals surface area contributed by atoms with Gasteiger partial charge in [0.05, 0.1) is 0 Å². The number of rotatable bonds is 1. The van der Waals surface area contributed by atoms with Crippen molar-refractivity contribution in [1.29, 1.82) is 0 Å². The summed E-state index contributed by atoms with van der Waals surface area (Å²) in [7, 11) is 0. The lowest BCUT2D eigenvalue weighted by Gasteiger charge is -1.99. The highest BCUT2D eigenvalue weighted by Gasteiger charge is 2.02. The molecule has 0 spiro atoms. The Morgan fingerprint density at radius 3 is 2.07 bits per heavy atom. The van der Waals surface area contributed by atoms with Gasteiger partial charge in [0.2, 0.25) is 0 Å². The van der Waals surface area contributed by atoms with Crippen LogP contribution in [0.25, 0.3) is 0 Å². The molecule has 0 fully saturated rings. The van der Waals surface area contributed by atoms with E-state index < -0.39 is 0 Å². The highest BCUT2D eigenvalue weighted by atomic mass is 16.1. The van der Waals surface area contributed by atoms with Crippen LogP contribution >= 0.6 is 0 Å². The third kappa shape index (κ3) is 7.91. The van der Waals surface area contributed by atoms with Gasteiger partial charge in [-0.1, -0.05) is 48.0 Å². The number of aromatic amines is 1. The van der Waals surface area contributed by atoms with E-state index in [0.717, 1.165) is 0 Å². The molecule has 0 aromatic carbocycles. The Hall–Kier alpha value is -1.12. The molecular formula is C12H24N2O. The molecule has 0 aliphatic rings. The molecule has 1 aromatic heterocycles. The molecule has 0 saturated carbocycles. The van der Waals surface area contributed by atoms with E-state index in [1.807, 2.05) is 27.7 Å². The van der Waals surface area contributed by atoms with Crippen molar-refractivity contribution in [3.63, 3.8) is 0 Å². The average molecular weight is 212 g/mol. The Balaban J connectivity index is 0. The summed E-state index contributed by atoms with van der Waals surface area (Å²) >= 11 is 0. The number of hydrogen-bond acceptors (Lipinski definition) is 2. The zero-order valence-corrected chi connectivity index (χ0v) is 10.8. The summed E-state index contributed by atoms with van der Waals surface area (Å²) in [6.07, 6.45) is 4.38. The van der Waals surface area contributed by atoms with Crippen molar-refractivity contribution < 1.29 is 0 Å². The molecule has 15 heavy (non-hydrogen) atoms. The van der Waals surface area contributed by atoms with E-state index in [1.54, 1.807) is 6.20 Å². The summed E-state index contributed by atoms with van der Waals surface area (Å²) in [4.78, 5) is 17.4. The summed E-state index contributed by atoms with van der Waals surface area (Å²) in [6, 6.07) is 0. The zero-order chi connectivity index (χ0) is 12.3. The lowest BCUT2D eigenvalue weighted by atomic mass is 10.1. The Kier molecular flexibility index (Phi) is 11.9. The van der Waals surface area contributed by atoms with Crippen LogP contribution in [0, 0.1) is 0 Å². The standard InChI is InChI=1S/C7H10N2O.C3H8.C2H6/c1-5(2)6-7(10)9-4-3-8-6;1-3-2;1-2/h3-5H,1-2H3,(H,9,10);3H2,1-2H3;1-2H3. The summed E-state index contributed by atoms with van der Waals surface area (Å²) in [5.41, 5.74) is 0.514. The normalized spacial score (nSPS) is 8.47. The van der Waals surface area contributed by atoms with E-state index in [1.165, 1.54) is 12.6 Å². The first-order chi connectivity index (χ1) is 7.13. The second kappa shape index (κ2) is 11.0. The monoisotopic (exact) mass is 212 g/mol. The van der Waals surface area contributed by atoms with Crippen LogP contribution in [-0.4, -0.2) is 9.97 Å². The first-order valence-corrected chi connectivity index (χ1v) is 5.67. The third-order valence-electron chi connectivity index (χ3n) is 1.28. The van der Waals surface area contributed by atoms with E-state index >= 15 is 0 Å². The summed E-state index contributed by atoms with van der Waals surface area (Å²) in [5, 5.41) is 0. The van der Waals surface area contributed by atoms with Crippen LogP contribution in [0.5, 0.6) is 0 Å². The molecule has 0 saturated heterocycles. The van der Waals surface area contributed by atoms with Crippen LogP contribution in [0.1, 0.15) is 59.6 Å². The van der Waals surface area contributed by atoms with Crippen molar-refractivity contribution >= 4 is 0 Å². The minimum absolute atomic E-state index is 0.0856. The van der Waals surface area contributed by atoms with Gasteiger partial charge in [-0.3, -0.25) is 9.78 Å². The molecular weight excluding hydrogens is 188 g/mol. The van der Waals surface area contributed by atoms with Gasteiger partial charge in [-0.05, 0) is 0 Å². The zero-order valence-electron chi connectivity index (χ0n) is 10.8. The molecule has 3 heteroatoms. The van der Waals surface area contributed by atoms with Gasteiger partial charge in [0.1, 0.15) is 5.69 Å². The Bertz CT molecular complexity index is 279. The summed E-state index contributed by atoms with van der Waals surface area (Å²) < 4.78 is 0. The maximum absolute atomic E-state index is 10.9. The topological polar surface area (TPSA) is 45.8 Å². The fraction of sp³-hybridized carbons (Fsp3) is 0.667. The molecule has 0 atom stereocenters. The van der Waals surface area contributed by atoms with Gasteiger partial charge in [-0.15, -0.1) is 0 Å².